The number of aliphatic hydroxyl groups is 1. The van der Waals surface area contributed by atoms with Crippen molar-refractivity contribution in [2.24, 2.45) is 0 Å². The Morgan fingerprint density at radius 2 is 2.09 bits per heavy atom. The number of cyclic esters (lactones) is 1. The van der Waals surface area contributed by atoms with Crippen LogP contribution in [0.4, 0.5) is 13.6 Å². The topological polar surface area (TPSA) is 104 Å². The normalized spacial score (nSPS) is 17.7. The molecular weight excluding hydrogens is 452 g/mol. The van der Waals surface area contributed by atoms with E-state index in [1.54, 1.807) is 22.3 Å². The minimum absolute atomic E-state index is 0.116. The number of hydrogen-bond donors (Lipinski definition) is 2. The maximum absolute atomic E-state index is 14.6. The summed E-state index contributed by atoms with van der Waals surface area (Å²) in [4.78, 5) is 16.0. The van der Waals surface area contributed by atoms with Gasteiger partial charge in [0.05, 0.1) is 11.5 Å². The first-order chi connectivity index (χ1) is 15.9. The van der Waals surface area contributed by atoms with Crippen LogP contribution in [-0.4, -0.2) is 62.0 Å². The lowest BCUT2D eigenvalue weighted by Crippen LogP contribution is -2.47. The van der Waals surface area contributed by atoms with E-state index in [9.17, 15) is 18.7 Å². The number of amides is 1. The number of tetrazole rings is 1. The molecule has 33 heavy (non-hydrogen) atoms. The molecule has 3 heterocycles. The predicted octanol–water partition coefficient (Wildman–Crippen LogP) is 4.00. The molecule has 2 atom stereocenters. The highest BCUT2D eigenvalue weighted by atomic mass is 32.1. The van der Waals surface area contributed by atoms with Gasteiger partial charge in [0.2, 0.25) is 5.82 Å². The third-order valence-corrected chi connectivity index (χ3v) is 6.89. The molecule has 1 amide bonds. The van der Waals surface area contributed by atoms with Crippen LogP contribution < -0.4 is 0 Å². The van der Waals surface area contributed by atoms with Crippen molar-refractivity contribution in [1.82, 2.24) is 25.5 Å². The van der Waals surface area contributed by atoms with Crippen molar-refractivity contribution in [2.75, 3.05) is 13.2 Å². The number of aromatic amines is 1. The lowest BCUT2D eigenvalue weighted by molar-refractivity contribution is -0.120. The molecule has 0 radical (unpaired) electrons. The Bertz CT molecular complexity index is 1030. The van der Waals surface area contributed by atoms with Gasteiger partial charge in [0.25, 0.3) is 5.92 Å². The number of aromatic nitrogens is 4. The fraction of sp³-hybridized carbons (Fsp3) is 0.455. The number of aliphatic hydroxyl groups excluding tert-OH is 1. The van der Waals surface area contributed by atoms with Gasteiger partial charge in [-0.2, -0.15) is 14.0 Å². The molecule has 1 fully saturated rings. The Hall–Kier alpha value is -2.92. The number of halogens is 2. The second-order valence-corrected chi connectivity index (χ2v) is 9.11. The number of alkyl halides is 2. The summed E-state index contributed by atoms with van der Waals surface area (Å²) in [5.41, 5.74) is -0.214. The van der Waals surface area contributed by atoms with E-state index < -0.39 is 18.1 Å². The summed E-state index contributed by atoms with van der Waals surface area (Å²) in [6.07, 6.45) is -0.108. The average molecular weight is 478 g/mol. The number of rotatable bonds is 10. The SMILES string of the molecule is O=C1OCC[C@H](CC[C@H](O)C(F)(F)c2ccccc2)N1CCCc1ccc(-c2nn[nH]n2)s1. The van der Waals surface area contributed by atoms with Gasteiger partial charge in [0.1, 0.15) is 6.10 Å². The van der Waals surface area contributed by atoms with Gasteiger partial charge in [-0.3, -0.25) is 0 Å². The van der Waals surface area contributed by atoms with E-state index in [-0.39, 0.29) is 31.1 Å². The van der Waals surface area contributed by atoms with Crippen LogP contribution in [0.1, 0.15) is 36.1 Å². The van der Waals surface area contributed by atoms with E-state index in [0.29, 0.717) is 25.2 Å². The van der Waals surface area contributed by atoms with Crippen LogP contribution in [0.15, 0.2) is 42.5 Å². The number of nitrogens with zero attached hydrogens (tertiary/aromatic N) is 4. The van der Waals surface area contributed by atoms with Gasteiger partial charge < -0.3 is 14.7 Å². The largest absolute Gasteiger partial charge is 0.449 e. The Balaban J connectivity index is 1.31. The van der Waals surface area contributed by atoms with Crippen LogP contribution in [0.3, 0.4) is 0 Å². The minimum atomic E-state index is -3.35. The molecule has 2 N–H and O–H groups in total. The number of aryl methyl sites for hydroxylation is 1. The molecule has 8 nitrogen and oxygen atoms in total. The van der Waals surface area contributed by atoms with E-state index in [1.807, 2.05) is 12.1 Å². The lowest BCUT2D eigenvalue weighted by Gasteiger charge is -2.36. The molecule has 0 unspecified atom stereocenters. The lowest BCUT2D eigenvalue weighted by atomic mass is 9.96. The van der Waals surface area contributed by atoms with Gasteiger partial charge in [-0.15, -0.1) is 21.5 Å². The van der Waals surface area contributed by atoms with E-state index >= 15 is 0 Å². The van der Waals surface area contributed by atoms with Crippen LogP contribution in [0.2, 0.25) is 0 Å². The number of hydrogen-bond acceptors (Lipinski definition) is 7. The van der Waals surface area contributed by atoms with Crippen LogP contribution in [-0.2, 0) is 17.1 Å². The van der Waals surface area contributed by atoms with Gasteiger partial charge in [0, 0.05) is 29.4 Å². The molecule has 2 aromatic heterocycles. The van der Waals surface area contributed by atoms with Crippen LogP contribution in [0.5, 0.6) is 0 Å². The van der Waals surface area contributed by atoms with Gasteiger partial charge in [0.15, 0.2) is 0 Å². The molecule has 4 rings (SSSR count). The number of ether oxygens (including phenoxy) is 1. The van der Waals surface area contributed by atoms with Crippen molar-refractivity contribution in [3.8, 4) is 10.7 Å². The molecule has 11 heteroatoms. The highest BCUT2D eigenvalue weighted by Gasteiger charge is 2.41. The second-order valence-electron chi connectivity index (χ2n) is 7.94. The molecule has 1 aliphatic heterocycles. The number of carbonyl (C=O) groups is 1. The van der Waals surface area contributed by atoms with E-state index in [4.69, 9.17) is 4.74 Å². The zero-order valence-electron chi connectivity index (χ0n) is 17.9. The minimum Gasteiger partial charge on any atom is -0.449 e. The zero-order chi connectivity index (χ0) is 23.3. The number of thiophene rings is 1. The van der Waals surface area contributed by atoms with Crippen LogP contribution in [0, 0.1) is 0 Å². The summed E-state index contributed by atoms with van der Waals surface area (Å²) >= 11 is 1.56. The molecule has 0 aliphatic carbocycles. The summed E-state index contributed by atoms with van der Waals surface area (Å²) in [7, 11) is 0. The number of carbonyl (C=O) groups excluding carboxylic acids is 1. The van der Waals surface area contributed by atoms with Crippen molar-refractivity contribution in [1.29, 1.82) is 0 Å². The Morgan fingerprint density at radius 1 is 1.27 bits per heavy atom. The molecule has 1 aromatic carbocycles. The summed E-state index contributed by atoms with van der Waals surface area (Å²) in [5.74, 6) is -2.81. The van der Waals surface area contributed by atoms with Crippen LogP contribution in [0.25, 0.3) is 10.7 Å². The monoisotopic (exact) mass is 477 g/mol. The molecule has 0 saturated carbocycles. The summed E-state index contributed by atoms with van der Waals surface area (Å²) < 4.78 is 34.4. The number of benzene rings is 1. The molecule has 176 valence electrons. The fourth-order valence-corrected chi connectivity index (χ4v) is 4.93. The fourth-order valence-electron chi connectivity index (χ4n) is 3.95. The third-order valence-electron chi connectivity index (χ3n) is 5.75. The summed E-state index contributed by atoms with van der Waals surface area (Å²) in [5, 5.41) is 24.1. The molecule has 0 bridgehead atoms. The standard InChI is InChI=1S/C22H25F2N5O3S/c23-22(24,15-5-2-1-3-6-15)19(30)11-8-16-12-14-32-21(31)29(16)13-4-7-17-9-10-18(33-17)20-25-27-28-26-20/h1-3,5-6,9-10,16,19,30H,4,7-8,11-14H2,(H,25,26,27,28)/t16-,19-/m0/s1. The average Bonchev–Trinajstić information content (AvgIpc) is 3.51. The van der Waals surface area contributed by atoms with Crippen LogP contribution >= 0.6 is 11.3 Å². The maximum Gasteiger partial charge on any atom is 0.410 e. The molecule has 1 saturated heterocycles. The third kappa shape index (κ3) is 5.53. The van der Waals surface area contributed by atoms with Crippen molar-refractivity contribution >= 4 is 17.4 Å². The number of nitrogens with one attached hydrogen (secondary N) is 1. The van der Waals surface area contributed by atoms with Gasteiger partial charge in [-0.25, -0.2) is 4.79 Å². The second kappa shape index (κ2) is 10.3. The summed E-state index contributed by atoms with van der Waals surface area (Å²) in [6.45, 7) is 0.703. The Kier molecular flexibility index (Phi) is 7.29. The van der Waals surface area contributed by atoms with Crippen molar-refractivity contribution < 1.29 is 23.4 Å². The molecule has 1 aliphatic rings. The summed E-state index contributed by atoms with van der Waals surface area (Å²) in [6, 6.07) is 11.0. The van der Waals surface area contributed by atoms with E-state index in [1.165, 1.54) is 24.3 Å². The first-order valence-electron chi connectivity index (χ1n) is 10.8. The van der Waals surface area contributed by atoms with Crippen molar-refractivity contribution in [3.05, 3.63) is 52.9 Å². The highest BCUT2D eigenvalue weighted by Crippen LogP contribution is 2.34. The molecule has 3 aromatic rings. The molecule has 0 spiro atoms. The quantitative estimate of drug-likeness (QED) is 0.457. The highest BCUT2D eigenvalue weighted by molar-refractivity contribution is 7.15. The van der Waals surface area contributed by atoms with Crippen molar-refractivity contribution in [2.45, 2.75) is 50.2 Å². The maximum atomic E-state index is 14.6. The Morgan fingerprint density at radius 3 is 2.85 bits per heavy atom. The first-order valence-corrected chi connectivity index (χ1v) is 11.6. The Labute approximate surface area is 193 Å². The van der Waals surface area contributed by atoms with Gasteiger partial charge in [-0.05, 0) is 43.0 Å². The van der Waals surface area contributed by atoms with E-state index in [2.05, 4.69) is 20.6 Å². The first kappa shape index (κ1) is 23.2. The number of H-pyrrole nitrogens is 1. The van der Waals surface area contributed by atoms with Gasteiger partial charge >= 0.3 is 6.09 Å². The van der Waals surface area contributed by atoms with Gasteiger partial charge in [-0.1, -0.05) is 30.3 Å². The predicted molar refractivity (Wildman–Crippen MR) is 118 cm³/mol. The smallest absolute Gasteiger partial charge is 0.410 e. The van der Waals surface area contributed by atoms with E-state index in [0.717, 1.165) is 16.2 Å². The van der Waals surface area contributed by atoms with Crippen molar-refractivity contribution in [3.63, 3.8) is 0 Å². The zero-order valence-corrected chi connectivity index (χ0v) is 18.7. The molecular formula is C22H25F2N5O3S.